The summed E-state index contributed by atoms with van der Waals surface area (Å²) in [5, 5.41) is 0. The molecule has 0 aromatic heterocycles. The summed E-state index contributed by atoms with van der Waals surface area (Å²) in [6, 6.07) is 7.37. The van der Waals surface area contributed by atoms with Gasteiger partial charge >= 0.3 is 0 Å². The standard InChI is InChI=1S/C17H22N2O2/c1-12(18)13-4-6-14(7-5-13)19-15(20)10-17(11-16(19)21)8-2-3-9-17/h4-7,12H,2-3,8-11,18H2,1H3. The Kier molecular flexibility index (Phi) is 3.57. The second kappa shape index (κ2) is 5.26. The summed E-state index contributed by atoms with van der Waals surface area (Å²) >= 11 is 0. The van der Waals surface area contributed by atoms with E-state index in [0.29, 0.717) is 18.5 Å². The smallest absolute Gasteiger partial charge is 0.234 e. The van der Waals surface area contributed by atoms with Gasteiger partial charge in [0.05, 0.1) is 5.69 Å². The first-order valence-corrected chi connectivity index (χ1v) is 7.72. The van der Waals surface area contributed by atoms with Gasteiger partial charge in [0, 0.05) is 18.9 Å². The topological polar surface area (TPSA) is 63.4 Å². The second-order valence-electron chi connectivity index (χ2n) is 6.56. The van der Waals surface area contributed by atoms with Gasteiger partial charge in [0.25, 0.3) is 0 Å². The van der Waals surface area contributed by atoms with Crippen LogP contribution in [0.1, 0.15) is 57.1 Å². The van der Waals surface area contributed by atoms with E-state index in [2.05, 4.69) is 0 Å². The van der Waals surface area contributed by atoms with Gasteiger partial charge in [-0.15, -0.1) is 0 Å². The quantitative estimate of drug-likeness (QED) is 0.850. The molecular formula is C17H22N2O2. The van der Waals surface area contributed by atoms with E-state index in [1.165, 1.54) is 4.90 Å². The third-order valence-corrected chi connectivity index (χ3v) is 4.89. The largest absolute Gasteiger partial charge is 0.324 e. The summed E-state index contributed by atoms with van der Waals surface area (Å²) in [7, 11) is 0. The molecule has 1 aliphatic carbocycles. The van der Waals surface area contributed by atoms with Crippen LogP contribution >= 0.6 is 0 Å². The molecule has 4 heteroatoms. The van der Waals surface area contributed by atoms with Crippen molar-refractivity contribution in [3.05, 3.63) is 29.8 Å². The Hall–Kier alpha value is -1.68. The number of carbonyl (C=O) groups excluding carboxylic acids is 2. The Morgan fingerprint density at radius 3 is 2.05 bits per heavy atom. The molecule has 0 bridgehead atoms. The first-order chi connectivity index (χ1) is 10.0. The van der Waals surface area contributed by atoms with Crippen molar-refractivity contribution < 1.29 is 9.59 Å². The summed E-state index contributed by atoms with van der Waals surface area (Å²) in [4.78, 5) is 26.3. The number of benzene rings is 1. The number of imide groups is 1. The van der Waals surface area contributed by atoms with Crippen molar-refractivity contribution in [2.75, 3.05) is 4.90 Å². The Labute approximate surface area is 125 Å². The number of rotatable bonds is 2. The van der Waals surface area contributed by atoms with Crippen LogP contribution in [0.25, 0.3) is 0 Å². The minimum absolute atomic E-state index is 0.0453. The van der Waals surface area contributed by atoms with E-state index in [4.69, 9.17) is 5.73 Å². The van der Waals surface area contributed by atoms with Gasteiger partial charge in [-0.1, -0.05) is 25.0 Å². The number of anilines is 1. The van der Waals surface area contributed by atoms with E-state index in [9.17, 15) is 9.59 Å². The predicted molar refractivity (Wildman–Crippen MR) is 81.7 cm³/mol. The maximum Gasteiger partial charge on any atom is 0.234 e. The molecule has 2 N–H and O–H groups in total. The number of nitrogens with two attached hydrogens (primary N) is 1. The average molecular weight is 286 g/mol. The van der Waals surface area contributed by atoms with Gasteiger partial charge in [-0.25, -0.2) is 0 Å². The average Bonchev–Trinajstić information content (AvgIpc) is 2.86. The highest BCUT2D eigenvalue weighted by atomic mass is 16.2. The molecular weight excluding hydrogens is 264 g/mol. The Morgan fingerprint density at radius 1 is 1.05 bits per heavy atom. The summed E-state index contributed by atoms with van der Waals surface area (Å²) in [5.41, 5.74) is 7.45. The fourth-order valence-electron chi connectivity index (χ4n) is 3.69. The molecule has 1 atom stereocenters. The molecule has 3 rings (SSSR count). The van der Waals surface area contributed by atoms with Crippen LogP contribution in [0.4, 0.5) is 5.69 Å². The molecule has 2 aliphatic rings. The maximum absolute atomic E-state index is 12.5. The lowest BCUT2D eigenvalue weighted by Gasteiger charge is -2.37. The molecule has 1 unspecified atom stereocenters. The van der Waals surface area contributed by atoms with Crippen LogP contribution in [0.15, 0.2) is 24.3 Å². The van der Waals surface area contributed by atoms with Gasteiger partial charge in [-0.3, -0.25) is 14.5 Å². The summed E-state index contributed by atoms with van der Waals surface area (Å²) in [5.74, 6) is -0.108. The summed E-state index contributed by atoms with van der Waals surface area (Å²) in [6.45, 7) is 1.91. The van der Waals surface area contributed by atoms with Crippen molar-refractivity contribution in [1.82, 2.24) is 0 Å². The monoisotopic (exact) mass is 286 g/mol. The highest BCUT2D eigenvalue weighted by Gasteiger charge is 2.45. The SMILES string of the molecule is CC(N)c1ccc(N2C(=O)CC3(CCCC3)CC2=O)cc1. The second-order valence-corrected chi connectivity index (χ2v) is 6.56. The molecule has 0 radical (unpaired) electrons. The first-order valence-electron chi connectivity index (χ1n) is 7.72. The van der Waals surface area contributed by atoms with Crippen molar-refractivity contribution in [3.63, 3.8) is 0 Å². The maximum atomic E-state index is 12.5. The fraction of sp³-hybridized carbons (Fsp3) is 0.529. The van der Waals surface area contributed by atoms with E-state index in [-0.39, 0.29) is 23.3 Å². The van der Waals surface area contributed by atoms with Gasteiger partial charge in [-0.05, 0) is 42.9 Å². The van der Waals surface area contributed by atoms with E-state index in [0.717, 1.165) is 31.2 Å². The lowest BCUT2D eigenvalue weighted by molar-refractivity contribution is -0.133. The molecule has 1 aliphatic heterocycles. The van der Waals surface area contributed by atoms with Crippen molar-refractivity contribution in [3.8, 4) is 0 Å². The number of hydrogen-bond donors (Lipinski definition) is 1. The molecule has 2 amide bonds. The normalized spacial score (nSPS) is 22.9. The summed E-state index contributed by atoms with van der Waals surface area (Å²) < 4.78 is 0. The van der Waals surface area contributed by atoms with Crippen LogP contribution in [0.5, 0.6) is 0 Å². The van der Waals surface area contributed by atoms with E-state index in [1.54, 1.807) is 0 Å². The van der Waals surface area contributed by atoms with Crippen molar-refractivity contribution in [2.45, 2.75) is 51.5 Å². The molecule has 1 saturated heterocycles. The molecule has 1 spiro atoms. The van der Waals surface area contributed by atoms with Gasteiger partial charge in [0.2, 0.25) is 11.8 Å². The lowest BCUT2D eigenvalue weighted by atomic mass is 9.76. The van der Waals surface area contributed by atoms with Gasteiger partial charge < -0.3 is 5.73 Å². The summed E-state index contributed by atoms with van der Waals surface area (Å²) in [6.07, 6.45) is 5.33. The third-order valence-electron chi connectivity index (χ3n) is 4.89. The molecule has 1 saturated carbocycles. The number of amides is 2. The Balaban J connectivity index is 1.82. The third kappa shape index (κ3) is 2.60. The van der Waals surface area contributed by atoms with Crippen LogP contribution in [0.2, 0.25) is 0 Å². The van der Waals surface area contributed by atoms with E-state index < -0.39 is 0 Å². The zero-order valence-corrected chi connectivity index (χ0v) is 12.5. The first kappa shape index (κ1) is 14.3. The molecule has 1 aromatic carbocycles. The van der Waals surface area contributed by atoms with Crippen LogP contribution in [0.3, 0.4) is 0 Å². The molecule has 1 aromatic rings. The van der Waals surface area contributed by atoms with Gasteiger partial charge in [0.15, 0.2) is 0 Å². The van der Waals surface area contributed by atoms with Crippen molar-refractivity contribution in [2.24, 2.45) is 11.1 Å². The van der Waals surface area contributed by atoms with Crippen LogP contribution in [-0.4, -0.2) is 11.8 Å². The minimum atomic E-state index is -0.0540. The zero-order valence-electron chi connectivity index (χ0n) is 12.5. The van der Waals surface area contributed by atoms with Crippen molar-refractivity contribution >= 4 is 17.5 Å². The van der Waals surface area contributed by atoms with E-state index in [1.807, 2.05) is 31.2 Å². The van der Waals surface area contributed by atoms with Gasteiger partial charge in [-0.2, -0.15) is 0 Å². The van der Waals surface area contributed by atoms with Crippen molar-refractivity contribution in [1.29, 1.82) is 0 Å². The van der Waals surface area contributed by atoms with Crippen LogP contribution in [-0.2, 0) is 9.59 Å². The highest BCUT2D eigenvalue weighted by molar-refractivity contribution is 6.17. The fourth-order valence-corrected chi connectivity index (χ4v) is 3.69. The lowest BCUT2D eigenvalue weighted by Crippen LogP contribution is -2.47. The number of piperidine rings is 1. The molecule has 2 fully saturated rings. The molecule has 1 heterocycles. The van der Waals surface area contributed by atoms with Gasteiger partial charge in [0.1, 0.15) is 0 Å². The number of carbonyl (C=O) groups is 2. The molecule has 21 heavy (non-hydrogen) atoms. The zero-order chi connectivity index (χ0) is 15.0. The number of nitrogens with zero attached hydrogens (tertiary/aromatic N) is 1. The minimum Gasteiger partial charge on any atom is -0.324 e. The Morgan fingerprint density at radius 2 is 1.57 bits per heavy atom. The number of hydrogen-bond acceptors (Lipinski definition) is 3. The molecule has 4 nitrogen and oxygen atoms in total. The van der Waals surface area contributed by atoms with E-state index >= 15 is 0 Å². The Bertz CT molecular complexity index is 537. The molecule has 112 valence electrons. The van der Waals surface area contributed by atoms with Crippen LogP contribution < -0.4 is 10.6 Å². The highest BCUT2D eigenvalue weighted by Crippen LogP contribution is 2.47. The van der Waals surface area contributed by atoms with Crippen LogP contribution in [0, 0.1) is 5.41 Å². The predicted octanol–water partition coefficient (Wildman–Crippen LogP) is 2.92.